The summed E-state index contributed by atoms with van der Waals surface area (Å²) in [6.07, 6.45) is 3.18. The SMILES string of the molecule is COc1ncc(OCc2ccccc2)cn1. The van der Waals surface area contributed by atoms with E-state index < -0.39 is 0 Å². The van der Waals surface area contributed by atoms with Crippen LogP contribution in [0.3, 0.4) is 0 Å². The van der Waals surface area contributed by atoms with Gasteiger partial charge in [0, 0.05) is 0 Å². The molecule has 4 heteroatoms. The van der Waals surface area contributed by atoms with Gasteiger partial charge in [-0.05, 0) is 5.56 Å². The van der Waals surface area contributed by atoms with E-state index in [0.717, 1.165) is 5.56 Å². The minimum absolute atomic E-state index is 0.340. The molecule has 0 aliphatic heterocycles. The number of rotatable bonds is 4. The second-order valence-electron chi connectivity index (χ2n) is 3.18. The van der Waals surface area contributed by atoms with Gasteiger partial charge in [-0.3, -0.25) is 0 Å². The van der Waals surface area contributed by atoms with Crippen molar-refractivity contribution in [3.8, 4) is 11.8 Å². The van der Waals surface area contributed by atoms with Crippen molar-refractivity contribution in [1.82, 2.24) is 9.97 Å². The molecule has 0 fully saturated rings. The molecule has 2 aromatic rings. The lowest BCUT2D eigenvalue weighted by Gasteiger charge is -2.05. The maximum atomic E-state index is 5.51. The number of benzene rings is 1. The van der Waals surface area contributed by atoms with E-state index in [2.05, 4.69) is 9.97 Å². The molecule has 2 rings (SSSR count). The molecule has 0 bridgehead atoms. The van der Waals surface area contributed by atoms with Crippen LogP contribution in [0, 0.1) is 0 Å². The van der Waals surface area contributed by atoms with E-state index in [-0.39, 0.29) is 0 Å². The van der Waals surface area contributed by atoms with Gasteiger partial charge < -0.3 is 9.47 Å². The van der Waals surface area contributed by atoms with Gasteiger partial charge >= 0.3 is 6.01 Å². The number of nitrogens with zero attached hydrogens (tertiary/aromatic N) is 2. The molecule has 82 valence electrons. The molecule has 0 N–H and O–H groups in total. The monoisotopic (exact) mass is 216 g/mol. The van der Waals surface area contributed by atoms with Crippen molar-refractivity contribution in [2.75, 3.05) is 7.11 Å². The molecule has 16 heavy (non-hydrogen) atoms. The first-order chi connectivity index (χ1) is 7.88. The van der Waals surface area contributed by atoms with Gasteiger partial charge in [-0.15, -0.1) is 0 Å². The molecule has 4 nitrogen and oxygen atoms in total. The summed E-state index contributed by atoms with van der Waals surface area (Å²) >= 11 is 0. The van der Waals surface area contributed by atoms with E-state index in [4.69, 9.17) is 9.47 Å². The summed E-state index contributed by atoms with van der Waals surface area (Å²) in [7, 11) is 1.53. The molecule has 0 spiro atoms. The zero-order valence-corrected chi connectivity index (χ0v) is 8.96. The molecule has 0 saturated heterocycles. The fourth-order valence-corrected chi connectivity index (χ4v) is 1.23. The largest absolute Gasteiger partial charge is 0.486 e. The standard InChI is InChI=1S/C12H12N2O2/c1-15-12-13-7-11(8-14-12)16-9-10-5-3-2-4-6-10/h2-8H,9H2,1H3. The van der Waals surface area contributed by atoms with Gasteiger partial charge in [-0.1, -0.05) is 30.3 Å². The quantitative estimate of drug-likeness (QED) is 0.784. The Hall–Kier alpha value is -2.10. The van der Waals surface area contributed by atoms with Gasteiger partial charge in [-0.25, -0.2) is 0 Å². The van der Waals surface area contributed by atoms with Crippen molar-refractivity contribution >= 4 is 0 Å². The van der Waals surface area contributed by atoms with Crippen LogP contribution in [0.2, 0.25) is 0 Å². The van der Waals surface area contributed by atoms with Gasteiger partial charge in [0.25, 0.3) is 0 Å². The maximum absolute atomic E-state index is 5.51. The van der Waals surface area contributed by atoms with Crippen LogP contribution in [0.4, 0.5) is 0 Å². The maximum Gasteiger partial charge on any atom is 0.316 e. The highest BCUT2D eigenvalue weighted by Crippen LogP contribution is 2.11. The molecule has 1 heterocycles. The van der Waals surface area contributed by atoms with Crippen LogP contribution in [0.15, 0.2) is 42.7 Å². The van der Waals surface area contributed by atoms with Crippen molar-refractivity contribution in [3.05, 3.63) is 48.3 Å². The predicted octanol–water partition coefficient (Wildman–Crippen LogP) is 2.06. The summed E-state index contributed by atoms with van der Waals surface area (Å²) < 4.78 is 10.4. The third-order valence-electron chi connectivity index (χ3n) is 2.04. The molecular formula is C12H12N2O2. The normalized spacial score (nSPS) is 9.81. The summed E-state index contributed by atoms with van der Waals surface area (Å²) in [4.78, 5) is 7.90. The third kappa shape index (κ3) is 2.70. The van der Waals surface area contributed by atoms with Crippen LogP contribution in [0.5, 0.6) is 11.8 Å². The van der Waals surface area contributed by atoms with Crippen molar-refractivity contribution in [2.24, 2.45) is 0 Å². The minimum atomic E-state index is 0.340. The van der Waals surface area contributed by atoms with Gasteiger partial charge in [-0.2, -0.15) is 9.97 Å². The fraction of sp³-hybridized carbons (Fsp3) is 0.167. The molecule has 0 radical (unpaired) electrons. The van der Waals surface area contributed by atoms with E-state index in [1.165, 1.54) is 7.11 Å². The molecule has 0 aliphatic rings. The molecule has 0 aliphatic carbocycles. The van der Waals surface area contributed by atoms with E-state index in [1.54, 1.807) is 12.4 Å². The second-order valence-corrected chi connectivity index (χ2v) is 3.18. The lowest BCUT2D eigenvalue weighted by Crippen LogP contribution is -1.97. The van der Waals surface area contributed by atoms with Crippen LogP contribution >= 0.6 is 0 Å². The van der Waals surface area contributed by atoms with E-state index in [0.29, 0.717) is 18.4 Å². The van der Waals surface area contributed by atoms with Crippen LogP contribution in [0.1, 0.15) is 5.56 Å². The summed E-state index contributed by atoms with van der Waals surface area (Å²) in [5, 5.41) is 0. The van der Waals surface area contributed by atoms with E-state index >= 15 is 0 Å². The third-order valence-corrected chi connectivity index (χ3v) is 2.04. The first-order valence-electron chi connectivity index (χ1n) is 4.91. The molecule has 0 amide bonds. The van der Waals surface area contributed by atoms with Crippen LogP contribution in [-0.2, 0) is 6.61 Å². The molecule has 0 atom stereocenters. The van der Waals surface area contributed by atoms with Gasteiger partial charge in [0.2, 0.25) is 0 Å². The average Bonchev–Trinajstić information content (AvgIpc) is 2.38. The summed E-state index contributed by atoms with van der Waals surface area (Å²) in [6, 6.07) is 10.3. The number of aromatic nitrogens is 2. The highest BCUT2D eigenvalue weighted by Gasteiger charge is 1.98. The number of hydrogen-bond acceptors (Lipinski definition) is 4. The van der Waals surface area contributed by atoms with Crippen molar-refractivity contribution in [3.63, 3.8) is 0 Å². The molecule has 1 aromatic carbocycles. The van der Waals surface area contributed by atoms with E-state index in [1.807, 2.05) is 30.3 Å². The van der Waals surface area contributed by atoms with Crippen molar-refractivity contribution < 1.29 is 9.47 Å². The Bertz CT molecular complexity index is 429. The Morgan fingerprint density at radius 3 is 2.38 bits per heavy atom. The Morgan fingerprint density at radius 2 is 1.75 bits per heavy atom. The molecule has 0 unspecified atom stereocenters. The van der Waals surface area contributed by atoms with Crippen molar-refractivity contribution in [1.29, 1.82) is 0 Å². The first-order valence-corrected chi connectivity index (χ1v) is 4.91. The number of ether oxygens (including phenoxy) is 2. The Balaban J connectivity index is 1.94. The molecule has 1 aromatic heterocycles. The Labute approximate surface area is 93.9 Å². The lowest BCUT2D eigenvalue weighted by atomic mass is 10.2. The number of hydrogen-bond donors (Lipinski definition) is 0. The average molecular weight is 216 g/mol. The summed E-state index contributed by atoms with van der Waals surface area (Å²) in [5.41, 5.74) is 1.11. The van der Waals surface area contributed by atoms with Gasteiger partial charge in [0.05, 0.1) is 19.5 Å². The van der Waals surface area contributed by atoms with Crippen LogP contribution in [0.25, 0.3) is 0 Å². The smallest absolute Gasteiger partial charge is 0.316 e. The van der Waals surface area contributed by atoms with Gasteiger partial charge in [0.15, 0.2) is 5.75 Å². The van der Waals surface area contributed by atoms with Crippen LogP contribution < -0.4 is 9.47 Å². The van der Waals surface area contributed by atoms with Crippen molar-refractivity contribution in [2.45, 2.75) is 6.61 Å². The van der Waals surface area contributed by atoms with E-state index in [9.17, 15) is 0 Å². The highest BCUT2D eigenvalue weighted by atomic mass is 16.5. The Kier molecular flexibility index (Phi) is 3.33. The minimum Gasteiger partial charge on any atom is -0.486 e. The summed E-state index contributed by atoms with van der Waals surface area (Å²) in [6.45, 7) is 0.510. The fourth-order valence-electron chi connectivity index (χ4n) is 1.23. The van der Waals surface area contributed by atoms with Gasteiger partial charge in [0.1, 0.15) is 6.61 Å². The summed E-state index contributed by atoms with van der Waals surface area (Å²) in [5.74, 6) is 0.629. The molecular weight excluding hydrogens is 204 g/mol. The zero-order valence-electron chi connectivity index (χ0n) is 8.96. The highest BCUT2D eigenvalue weighted by molar-refractivity contribution is 5.17. The Morgan fingerprint density at radius 1 is 1.06 bits per heavy atom. The zero-order chi connectivity index (χ0) is 11.2. The second kappa shape index (κ2) is 5.11. The number of methoxy groups -OCH3 is 1. The topological polar surface area (TPSA) is 44.2 Å². The van der Waals surface area contributed by atoms with Crippen LogP contribution in [-0.4, -0.2) is 17.1 Å². The first kappa shape index (κ1) is 10.4. The predicted molar refractivity (Wildman–Crippen MR) is 59.4 cm³/mol. The molecule has 0 saturated carbocycles. The lowest BCUT2D eigenvalue weighted by molar-refractivity contribution is 0.300.